The highest BCUT2D eigenvalue weighted by molar-refractivity contribution is 5.98. The third kappa shape index (κ3) is 3.94. The molecule has 7 nitrogen and oxygen atoms in total. The SMILES string of the molecule is Cc1noc(C)c1C(=O)N1CC(=O)N(CCc2ccccc2)CC(O)C1. The summed E-state index contributed by atoms with van der Waals surface area (Å²) in [6.07, 6.45) is -0.0847. The smallest absolute Gasteiger partial charge is 0.259 e. The molecule has 0 spiro atoms. The summed E-state index contributed by atoms with van der Waals surface area (Å²) >= 11 is 0. The van der Waals surface area contributed by atoms with Gasteiger partial charge < -0.3 is 19.4 Å². The molecule has 1 fully saturated rings. The molecule has 26 heavy (non-hydrogen) atoms. The van der Waals surface area contributed by atoms with Crippen LogP contribution in [0.2, 0.25) is 0 Å². The van der Waals surface area contributed by atoms with Gasteiger partial charge in [0.1, 0.15) is 17.9 Å². The van der Waals surface area contributed by atoms with Gasteiger partial charge in [0.05, 0.1) is 11.8 Å². The minimum atomic E-state index is -0.790. The maximum absolute atomic E-state index is 12.8. The molecule has 2 heterocycles. The molecule has 0 saturated carbocycles. The molecule has 1 aromatic heterocycles. The number of nitrogens with zero attached hydrogens (tertiary/aromatic N) is 3. The van der Waals surface area contributed by atoms with Gasteiger partial charge in [-0.15, -0.1) is 0 Å². The van der Waals surface area contributed by atoms with Gasteiger partial charge in [-0.3, -0.25) is 9.59 Å². The lowest BCUT2D eigenvalue weighted by molar-refractivity contribution is -0.131. The largest absolute Gasteiger partial charge is 0.389 e. The molecule has 1 N–H and O–H groups in total. The number of aliphatic hydroxyl groups excluding tert-OH is 1. The summed E-state index contributed by atoms with van der Waals surface area (Å²) < 4.78 is 5.05. The van der Waals surface area contributed by atoms with Gasteiger partial charge in [-0.1, -0.05) is 35.5 Å². The molecule has 1 unspecified atom stereocenters. The van der Waals surface area contributed by atoms with Crippen LogP contribution in [0.15, 0.2) is 34.9 Å². The Morgan fingerprint density at radius 1 is 1.27 bits per heavy atom. The van der Waals surface area contributed by atoms with Crippen molar-refractivity contribution in [3.63, 3.8) is 0 Å². The number of aromatic nitrogens is 1. The van der Waals surface area contributed by atoms with Crippen LogP contribution in [0.3, 0.4) is 0 Å². The Morgan fingerprint density at radius 3 is 2.65 bits per heavy atom. The van der Waals surface area contributed by atoms with Crippen molar-refractivity contribution in [2.24, 2.45) is 0 Å². The Kier molecular flexibility index (Phi) is 5.37. The predicted octanol–water partition coefficient (Wildman–Crippen LogP) is 1.18. The average molecular weight is 357 g/mol. The lowest BCUT2D eigenvalue weighted by Gasteiger charge is -2.21. The molecule has 7 heteroatoms. The third-order valence-corrected chi connectivity index (χ3v) is 4.59. The molecular formula is C19H23N3O4. The first-order chi connectivity index (χ1) is 12.5. The second kappa shape index (κ2) is 7.70. The molecule has 1 saturated heterocycles. The summed E-state index contributed by atoms with van der Waals surface area (Å²) in [4.78, 5) is 28.4. The third-order valence-electron chi connectivity index (χ3n) is 4.59. The van der Waals surface area contributed by atoms with E-state index in [0.717, 1.165) is 5.56 Å². The minimum Gasteiger partial charge on any atom is -0.389 e. The number of rotatable bonds is 4. The van der Waals surface area contributed by atoms with E-state index in [9.17, 15) is 14.7 Å². The van der Waals surface area contributed by atoms with E-state index in [1.165, 1.54) is 4.90 Å². The number of benzene rings is 1. The van der Waals surface area contributed by atoms with Crippen molar-refractivity contribution in [2.75, 3.05) is 26.2 Å². The van der Waals surface area contributed by atoms with Crippen molar-refractivity contribution < 1.29 is 19.2 Å². The van der Waals surface area contributed by atoms with Crippen LogP contribution in [0, 0.1) is 13.8 Å². The van der Waals surface area contributed by atoms with Crippen LogP contribution in [0.1, 0.15) is 27.4 Å². The number of hydrogen-bond acceptors (Lipinski definition) is 5. The van der Waals surface area contributed by atoms with Crippen LogP contribution < -0.4 is 0 Å². The highest BCUT2D eigenvalue weighted by Crippen LogP contribution is 2.17. The average Bonchev–Trinajstić information content (AvgIpc) is 2.88. The van der Waals surface area contributed by atoms with Crippen molar-refractivity contribution in [3.8, 4) is 0 Å². The zero-order valence-electron chi connectivity index (χ0n) is 15.0. The first-order valence-electron chi connectivity index (χ1n) is 8.67. The van der Waals surface area contributed by atoms with Gasteiger partial charge in [0, 0.05) is 19.6 Å². The van der Waals surface area contributed by atoms with Crippen LogP contribution in [0.25, 0.3) is 0 Å². The van der Waals surface area contributed by atoms with Gasteiger partial charge in [0.2, 0.25) is 5.91 Å². The van der Waals surface area contributed by atoms with Crippen LogP contribution in [0.4, 0.5) is 0 Å². The number of aliphatic hydroxyl groups is 1. The van der Waals surface area contributed by atoms with Crippen LogP contribution >= 0.6 is 0 Å². The zero-order valence-corrected chi connectivity index (χ0v) is 15.0. The maximum Gasteiger partial charge on any atom is 0.259 e. The second-order valence-electron chi connectivity index (χ2n) is 6.61. The van der Waals surface area contributed by atoms with E-state index < -0.39 is 6.10 Å². The Balaban J connectivity index is 1.69. The van der Waals surface area contributed by atoms with Gasteiger partial charge in [-0.25, -0.2) is 0 Å². The maximum atomic E-state index is 12.8. The molecule has 1 aromatic carbocycles. The normalized spacial score (nSPS) is 18.1. The number of aryl methyl sites for hydroxylation is 2. The number of carbonyl (C=O) groups excluding carboxylic acids is 2. The summed E-state index contributed by atoms with van der Waals surface area (Å²) in [7, 11) is 0. The fourth-order valence-electron chi connectivity index (χ4n) is 3.22. The molecule has 1 aliphatic rings. The quantitative estimate of drug-likeness (QED) is 0.888. The lowest BCUT2D eigenvalue weighted by atomic mass is 10.1. The number of hydrogen-bond donors (Lipinski definition) is 1. The van der Waals surface area contributed by atoms with Crippen molar-refractivity contribution in [1.29, 1.82) is 0 Å². The Hall–Kier alpha value is -2.67. The molecule has 0 radical (unpaired) electrons. The standard InChI is InChI=1S/C19H23N3O4/c1-13-18(14(2)26-20-13)19(25)22-11-16(23)10-21(17(24)12-22)9-8-15-6-4-3-5-7-15/h3-7,16,23H,8-12H2,1-2H3. The van der Waals surface area contributed by atoms with Crippen LogP contribution in [-0.4, -0.2) is 64.2 Å². The van der Waals surface area contributed by atoms with Crippen LogP contribution in [-0.2, 0) is 11.2 Å². The molecular weight excluding hydrogens is 334 g/mol. The molecule has 138 valence electrons. The van der Waals surface area contributed by atoms with E-state index in [0.29, 0.717) is 30.0 Å². The number of β-amino-alcohol motifs (C(OH)–C–C–N with tert-alkyl or cyclic N) is 1. The Morgan fingerprint density at radius 2 is 2.00 bits per heavy atom. The summed E-state index contributed by atoms with van der Waals surface area (Å²) in [6, 6.07) is 9.87. The molecule has 3 rings (SSSR count). The molecule has 2 aromatic rings. The monoisotopic (exact) mass is 357 g/mol. The van der Waals surface area contributed by atoms with Gasteiger partial charge in [0.15, 0.2) is 0 Å². The van der Waals surface area contributed by atoms with E-state index in [4.69, 9.17) is 4.52 Å². The van der Waals surface area contributed by atoms with Crippen molar-refractivity contribution in [3.05, 3.63) is 52.9 Å². The molecule has 1 atom stereocenters. The van der Waals surface area contributed by atoms with Gasteiger partial charge >= 0.3 is 0 Å². The second-order valence-corrected chi connectivity index (χ2v) is 6.61. The van der Waals surface area contributed by atoms with Crippen molar-refractivity contribution >= 4 is 11.8 Å². The highest BCUT2D eigenvalue weighted by Gasteiger charge is 2.32. The summed E-state index contributed by atoms with van der Waals surface area (Å²) in [5, 5.41) is 14.1. The predicted molar refractivity (Wildman–Crippen MR) is 94.6 cm³/mol. The summed E-state index contributed by atoms with van der Waals surface area (Å²) in [5.41, 5.74) is 1.98. The molecule has 0 aliphatic carbocycles. The van der Waals surface area contributed by atoms with E-state index in [1.807, 2.05) is 30.3 Å². The van der Waals surface area contributed by atoms with Gasteiger partial charge in [0.25, 0.3) is 5.91 Å². The molecule has 0 bridgehead atoms. The lowest BCUT2D eigenvalue weighted by Crippen LogP contribution is -2.40. The molecule has 2 amide bonds. The summed E-state index contributed by atoms with van der Waals surface area (Å²) in [5.74, 6) is -0.0872. The van der Waals surface area contributed by atoms with E-state index in [1.54, 1.807) is 18.7 Å². The highest BCUT2D eigenvalue weighted by atomic mass is 16.5. The first kappa shape index (κ1) is 18.1. The summed E-state index contributed by atoms with van der Waals surface area (Å²) in [6.45, 7) is 4.12. The van der Waals surface area contributed by atoms with E-state index >= 15 is 0 Å². The fraction of sp³-hybridized carbons (Fsp3) is 0.421. The van der Waals surface area contributed by atoms with E-state index in [-0.39, 0.29) is 31.4 Å². The van der Waals surface area contributed by atoms with Gasteiger partial charge in [-0.05, 0) is 25.8 Å². The van der Waals surface area contributed by atoms with E-state index in [2.05, 4.69) is 5.16 Å². The first-order valence-corrected chi connectivity index (χ1v) is 8.67. The van der Waals surface area contributed by atoms with Gasteiger partial charge in [-0.2, -0.15) is 0 Å². The Bertz CT molecular complexity index is 768. The van der Waals surface area contributed by atoms with Crippen molar-refractivity contribution in [1.82, 2.24) is 15.0 Å². The molecule has 1 aliphatic heterocycles. The topological polar surface area (TPSA) is 86.9 Å². The number of carbonyl (C=O) groups is 2. The Labute approximate surface area is 152 Å². The zero-order chi connectivity index (χ0) is 18.7. The minimum absolute atomic E-state index is 0.0608. The van der Waals surface area contributed by atoms with Crippen LogP contribution in [0.5, 0.6) is 0 Å². The van der Waals surface area contributed by atoms with Crippen molar-refractivity contribution in [2.45, 2.75) is 26.4 Å². The fourth-order valence-corrected chi connectivity index (χ4v) is 3.22. The number of amides is 2.